The number of nitrogens with zero attached hydrogens (tertiary/aromatic N) is 4. The summed E-state index contributed by atoms with van der Waals surface area (Å²) >= 11 is 0. The van der Waals surface area contributed by atoms with Crippen LogP contribution in [0.1, 0.15) is 24.5 Å². The van der Waals surface area contributed by atoms with Gasteiger partial charge in [-0.05, 0) is 79.9 Å². The number of nitrogens with one attached hydrogen (secondary N) is 4. The van der Waals surface area contributed by atoms with Crippen LogP contribution in [0.25, 0.3) is 11.1 Å². The van der Waals surface area contributed by atoms with Crippen molar-refractivity contribution in [3.8, 4) is 11.1 Å². The first-order valence-corrected chi connectivity index (χ1v) is 15.7. The van der Waals surface area contributed by atoms with Crippen LogP contribution in [0.3, 0.4) is 0 Å². The predicted molar refractivity (Wildman–Crippen MR) is 177 cm³/mol. The van der Waals surface area contributed by atoms with E-state index in [1.807, 2.05) is 79.7 Å². The molecule has 5 rings (SSSR count). The minimum Gasteiger partial charge on any atom is -0.369 e. The fraction of sp³-hybridized carbons (Fsp3) is 0.152. The van der Waals surface area contributed by atoms with Crippen LogP contribution in [0.4, 0.5) is 23.3 Å². The summed E-state index contributed by atoms with van der Waals surface area (Å²) in [4.78, 5) is 14.0. The highest BCUT2D eigenvalue weighted by molar-refractivity contribution is 7.89. The fourth-order valence-corrected chi connectivity index (χ4v) is 5.23. The second-order valence-electron chi connectivity index (χ2n) is 9.90. The average molecular weight is 607 g/mol. The summed E-state index contributed by atoms with van der Waals surface area (Å²) in [6, 6.07) is 30.3. The number of aromatic nitrogens is 3. The first kappa shape index (κ1) is 30.3. The van der Waals surface area contributed by atoms with Crippen LogP contribution in [-0.4, -0.2) is 42.7 Å². The van der Waals surface area contributed by atoms with Gasteiger partial charge in [-0.2, -0.15) is 15.1 Å². The highest BCUT2D eigenvalue weighted by Gasteiger charge is 2.17. The van der Waals surface area contributed by atoms with Crippen molar-refractivity contribution in [3.05, 3.63) is 121 Å². The van der Waals surface area contributed by atoms with Gasteiger partial charge in [-0.3, -0.25) is 10.4 Å². The van der Waals surface area contributed by atoms with Crippen LogP contribution < -0.4 is 20.8 Å². The maximum atomic E-state index is 12.1. The standard InChI is InChI=1S/C33H34N8O2S/c1-24(26-15-17-29(18-16-26)44(42,43)34-2)40-41-32-30(27-11-5-3-6-12-27)31(36-21-9-10-25-19-22-35-23-20-25)38-33(39-32)37-28-13-7-4-8-14-28/h3-8,11-20,22-23,34H,9-10,21H2,1-2H3,(H3,36,37,38,39,41). The Bertz CT molecular complexity index is 1800. The van der Waals surface area contributed by atoms with Crippen molar-refractivity contribution in [3.63, 3.8) is 0 Å². The van der Waals surface area contributed by atoms with Gasteiger partial charge in [0.15, 0.2) is 5.82 Å². The zero-order valence-electron chi connectivity index (χ0n) is 24.5. The van der Waals surface area contributed by atoms with Crippen LogP contribution in [0.15, 0.2) is 119 Å². The molecule has 0 atom stereocenters. The van der Waals surface area contributed by atoms with Crippen molar-refractivity contribution in [1.29, 1.82) is 0 Å². The Hall–Kier alpha value is -5.13. The second-order valence-corrected chi connectivity index (χ2v) is 11.8. The van der Waals surface area contributed by atoms with Gasteiger partial charge in [0.2, 0.25) is 16.0 Å². The number of hydrogen-bond donors (Lipinski definition) is 4. The Labute approximate surface area is 257 Å². The maximum absolute atomic E-state index is 12.1. The van der Waals surface area contributed by atoms with Crippen LogP contribution in [0, 0.1) is 0 Å². The normalized spacial score (nSPS) is 11.6. The van der Waals surface area contributed by atoms with Crippen molar-refractivity contribution in [1.82, 2.24) is 19.7 Å². The molecule has 0 aliphatic heterocycles. The first-order valence-electron chi connectivity index (χ1n) is 14.2. The van der Waals surface area contributed by atoms with Gasteiger partial charge in [0.05, 0.1) is 16.2 Å². The molecular formula is C33H34N8O2S. The average Bonchev–Trinajstić information content (AvgIpc) is 3.07. The van der Waals surface area contributed by atoms with Gasteiger partial charge < -0.3 is 10.6 Å². The highest BCUT2D eigenvalue weighted by Crippen LogP contribution is 2.34. The van der Waals surface area contributed by atoms with E-state index in [1.54, 1.807) is 36.7 Å². The fourth-order valence-electron chi connectivity index (χ4n) is 4.50. The molecule has 4 N–H and O–H groups in total. The zero-order chi connectivity index (χ0) is 30.8. The zero-order valence-corrected chi connectivity index (χ0v) is 25.3. The van der Waals surface area contributed by atoms with E-state index in [0.29, 0.717) is 29.8 Å². The lowest BCUT2D eigenvalue weighted by Gasteiger charge is -2.17. The molecule has 5 aromatic rings. The van der Waals surface area contributed by atoms with E-state index in [9.17, 15) is 8.42 Å². The van der Waals surface area contributed by atoms with E-state index in [0.717, 1.165) is 35.2 Å². The molecule has 0 fully saturated rings. The number of hydrogen-bond acceptors (Lipinski definition) is 9. The quantitative estimate of drug-likeness (QED) is 0.0721. The van der Waals surface area contributed by atoms with Crippen LogP contribution in [0.5, 0.6) is 0 Å². The third-order valence-corrected chi connectivity index (χ3v) is 8.30. The molecule has 0 spiro atoms. The topological polar surface area (TPSA) is 133 Å². The maximum Gasteiger partial charge on any atom is 0.240 e. The molecule has 224 valence electrons. The van der Waals surface area contributed by atoms with Gasteiger partial charge in [-0.25, -0.2) is 13.1 Å². The molecule has 44 heavy (non-hydrogen) atoms. The van der Waals surface area contributed by atoms with E-state index in [1.165, 1.54) is 12.6 Å². The van der Waals surface area contributed by atoms with Crippen molar-refractivity contribution in [2.45, 2.75) is 24.7 Å². The number of aryl methyl sites for hydroxylation is 1. The molecule has 11 heteroatoms. The van der Waals surface area contributed by atoms with Gasteiger partial charge in [-0.15, -0.1) is 0 Å². The van der Waals surface area contributed by atoms with E-state index >= 15 is 0 Å². The van der Waals surface area contributed by atoms with E-state index < -0.39 is 10.0 Å². The summed E-state index contributed by atoms with van der Waals surface area (Å²) in [5.41, 5.74) is 8.36. The molecule has 0 unspecified atom stereocenters. The Morgan fingerprint density at radius 3 is 2.16 bits per heavy atom. The Balaban J connectivity index is 1.48. The number of sulfonamides is 1. The summed E-state index contributed by atoms with van der Waals surface area (Å²) in [6.07, 6.45) is 5.41. The van der Waals surface area contributed by atoms with Crippen molar-refractivity contribution < 1.29 is 8.42 Å². The molecule has 0 bridgehead atoms. The molecular weight excluding hydrogens is 572 g/mol. The van der Waals surface area contributed by atoms with E-state index in [-0.39, 0.29) is 4.90 Å². The lowest BCUT2D eigenvalue weighted by Crippen LogP contribution is -2.18. The van der Waals surface area contributed by atoms with Crippen molar-refractivity contribution >= 4 is 39.0 Å². The van der Waals surface area contributed by atoms with Gasteiger partial charge in [-0.1, -0.05) is 60.7 Å². The second kappa shape index (κ2) is 14.4. The SMILES string of the molecule is CNS(=O)(=O)c1ccc(C(C)=NNc2nc(Nc3ccccc3)nc(NCCCc3ccncc3)c2-c2ccccc2)cc1. The van der Waals surface area contributed by atoms with Crippen molar-refractivity contribution in [2.75, 3.05) is 29.7 Å². The summed E-state index contributed by atoms with van der Waals surface area (Å²) in [5, 5.41) is 11.5. The van der Waals surface area contributed by atoms with Gasteiger partial charge in [0, 0.05) is 24.6 Å². The Morgan fingerprint density at radius 2 is 1.48 bits per heavy atom. The number of rotatable bonds is 13. The first-order chi connectivity index (χ1) is 21.4. The molecule has 10 nitrogen and oxygen atoms in total. The molecule has 2 heterocycles. The summed E-state index contributed by atoms with van der Waals surface area (Å²) in [7, 11) is -2.15. The molecule has 0 aliphatic rings. The van der Waals surface area contributed by atoms with Crippen LogP contribution >= 0.6 is 0 Å². The molecule has 2 aromatic heterocycles. The number of pyridine rings is 1. The lowest BCUT2D eigenvalue weighted by atomic mass is 10.1. The Kier molecular flexibility index (Phi) is 9.90. The smallest absolute Gasteiger partial charge is 0.240 e. The third-order valence-electron chi connectivity index (χ3n) is 6.87. The third kappa shape index (κ3) is 7.82. The molecule has 0 saturated heterocycles. The highest BCUT2D eigenvalue weighted by atomic mass is 32.2. The summed E-state index contributed by atoms with van der Waals surface area (Å²) in [6.45, 7) is 2.53. The number of hydrazone groups is 1. The van der Waals surface area contributed by atoms with Crippen LogP contribution in [0.2, 0.25) is 0 Å². The van der Waals surface area contributed by atoms with Gasteiger partial charge >= 0.3 is 0 Å². The molecule has 0 radical (unpaired) electrons. The largest absolute Gasteiger partial charge is 0.369 e. The van der Waals surface area contributed by atoms with E-state index in [4.69, 9.17) is 9.97 Å². The summed E-state index contributed by atoms with van der Waals surface area (Å²) < 4.78 is 26.6. The van der Waals surface area contributed by atoms with E-state index in [2.05, 4.69) is 30.9 Å². The predicted octanol–water partition coefficient (Wildman–Crippen LogP) is 6.07. The monoisotopic (exact) mass is 606 g/mol. The summed E-state index contributed by atoms with van der Waals surface area (Å²) in [5.74, 6) is 1.58. The minimum atomic E-state index is -3.53. The number of benzene rings is 3. The molecule has 3 aromatic carbocycles. The number of para-hydroxylation sites is 1. The van der Waals surface area contributed by atoms with Gasteiger partial charge in [0.1, 0.15) is 5.82 Å². The lowest BCUT2D eigenvalue weighted by molar-refractivity contribution is 0.588. The molecule has 0 aliphatic carbocycles. The Morgan fingerprint density at radius 1 is 0.818 bits per heavy atom. The van der Waals surface area contributed by atoms with Crippen molar-refractivity contribution in [2.24, 2.45) is 5.10 Å². The van der Waals surface area contributed by atoms with Gasteiger partial charge in [0.25, 0.3) is 0 Å². The minimum absolute atomic E-state index is 0.183. The molecule has 0 saturated carbocycles. The molecule has 0 amide bonds. The number of anilines is 4. The van der Waals surface area contributed by atoms with Crippen LogP contribution in [-0.2, 0) is 16.4 Å².